The van der Waals surface area contributed by atoms with Crippen molar-refractivity contribution in [3.05, 3.63) is 31.6 Å². The van der Waals surface area contributed by atoms with Crippen LogP contribution in [0.25, 0.3) is 0 Å². The summed E-state index contributed by atoms with van der Waals surface area (Å²) in [4.78, 5) is 20.7. The zero-order valence-electron chi connectivity index (χ0n) is 10.0. The van der Waals surface area contributed by atoms with Crippen molar-refractivity contribution in [2.24, 2.45) is 0 Å². The number of hydrogen-bond donors (Lipinski definition) is 1. The summed E-state index contributed by atoms with van der Waals surface area (Å²) in [6.07, 6.45) is -4.80. The van der Waals surface area contributed by atoms with E-state index in [0.29, 0.717) is 6.07 Å². The number of rotatable bonds is 5. The third-order valence-electron chi connectivity index (χ3n) is 2.25. The summed E-state index contributed by atoms with van der Waals surface area (Å²) in [6, 6.07) is 1.27. The Morgan fingerprint density at radius 3 is 2.43 bits per heavy atom. The largest absolute Gasteiger partial charge is 0.480 e. The fourth-order valence-electron chi connectivity index (χ4n) is 1.53. The van der Waals surface area contributed by atoms with Crippen LogP contribution in [0.2, 0.25) is 0 Å². The summed E-state index contributed by atoms with van der Waals surface area (Å²) in [5.41, 5.74) is -1.54. The zero-order chi connectivity index (χ0) is 16.4. The summed E-state index contributed by atoms with van der Waals surface area (Å²) in [6.45, 7) is -2.90. The van der Waals surface area contributed by atoms with Crippen LogP contribution in [-0.2, 0) is 4.79 Å². The van der Waals surface area contributed by atoms with Gasteiger partial charge in [-0.15, -0.1) is 0 Å². The highest BCUT2D eigenvalue weighted by molar-refractivity contribution is 14.1. The summed E-state index contributed by atoms with van der Waals surface area (Å²) >= 11 is 1.44. The number of hydrogen-bond acceptors (Lipinski definition) is 4. The molecule has 1 aromatic carbocycles. The molecule has 0 aliphatic carbocycles. The second-order valence-corrected chi connectivity index (χ2v) is 5.04. The minimum absolute atomic E-state index is 0.162. The van der Waals surface area contributed by atoms with Gasteiger partial charge < -0.3 is 10.0 Å². The molecule has 0 amide bonds. The molecular formula is C10H7F4IN2O4. The molecule has 0 heterocycles. The average molecular weight is 422 g/mol. The Morgan fingerprint density at radius 1 is 1.43 bits per heavy atom. The number of nitro groups is 1. The van der Waals surface area contributed by atoms with E-state index >= 15 is 0 Å². The maximum atomic E-state index is 13.5. The molecule has 0 unspecified atom stereocenters. The van der Waals surface area contributed by atoms with Crippen molar-refractivity contribution in [2.45, 2.75) is 6.18 Å². The Bertz CT molecular complexity index is 579. The third kappa shape index (κ3) is 4.99. The molecule has 0 radical (unpaired) electrons. The topological polar surface area (TPSA) is 83.7 Å². The van der Waals surface area contributed by atoms with Crippen molar-refractivity contribution in [1.29, 1.82) is 0 Å². The smallest absolute Gasteiger partial charge is 0.405 e. The Labute approximate surface area is 128 Å². The highest BCUT2D eigenvalue weighted by atomic mass is 127. The molecule has 0 aromatic heterocycles. The van der Waals surface area contributed by atoms with Gasteiger partial charge in [0.2, 0.25) is 0 Å². The molecule has 0 spiro atoms. The fourth-order valence-corrected chi connectivity index (χ4v) is 1.98. The van der Waals surface area contributed by atoms with Gasteiger partial charge >= 0.3 is 12.1 Å². The van der Waals surface area contributed by atoms with Crippen molar-refractivity contribution in [3.8, 4) is 0 Å². The van der Waals surface area contributed by atoms with Crippen LogP contribution in [0.15, 0.2) is 12.1 Å². The van der Waals surface area contributed by atoms with Gasteiger partial charge in [0.1, 0.15) is 24.6 Å². The molecule has 1 aromatic rings. The van der Waals surface area contributed by atoms with Crippen LogP contribution in [0.4, 0.5) is 28.9 Å². The summed E-state index contributed by atoms with van der Waals surface area (Å²) in [5.74, 6) is -2.61. The zero-order valence-corrected chi connectivity index (χ0v) is 12.2. The molecule has 0 aliphatic rings. The number of anilines is 1. The second kappa shape index (κ2) is 6.41. The second-order valence-electron chi connectivity index (χ2n) is 3.88. The van der Waals surface area contributed by atoms with Crippen LogP contribution in [-0.4, -0.2) is 35.3 Å². The van der Waals surface area contributed by atoms with E-state index in [1.807, 2.05) is 0 Å². The molecule has 6 nitrogen and oxygen atoms in total. The van der Waals surface area contributed by atoms with Crippen molar-refractivity contribution in [2.75, 3.05) is 18.0 Å². The van der Waals surface area contributed by atoms with E-state index < -0.39 is 47.4 Å². The number of nitro benzene ring substituents is 1. The molecule has 1 rings (SSSR count). The van der Waals surface area contributed by atoms with Gasteiger partial charge in [0.15, 0.2) is 0 Å². The Hall–Kier alpha value is -1.66. The van der Waals surface area contributed by atoms with Gasteiger partial charge in [-0.25, -0.2) is 4.39 Å². The molecule has 0 atom stereocenters. The number of alkyl halides is 3. The van der Waals surface area contributed by atoms with Crippen molar-refractivity contribution in [1.82, 2.24) is 0 Å². The normalized spacial score (nSPS) is 11.3. The van der Waals surface area contributed by atoms with E-state index in [0.717, 1.165) is 6.07 Å². The van der Waals surface area contributed by atoms with Gasteiger partial charge in [0.05, 0.1) is 8.49 Å². The minimum atomic E-state index is -4.80. The maximum Gasteiger partial charge on any atom is 0.405 e. The van der Waals surface area contributed by atoms with E-state index in [4.69, 9.17) is 5.11 Å². The number of nitrogens with zero attached hydrogens (tertiary/aromatic N) is 2. The van der Waals surface area contributed by atoms with E-state index in [-0.39, 0.29) is 8.47 Å². The number of carboxylic acid groups (broad SMARTS) is 1. The highest BCUT2D eigenvalue weighted by Gasteiger charge is 2.34. The quantitative estimate of drug-likeness (QED) is 0.342. The predicted molar refractivity (Wildman–Crippen MR) is 71.7 cm³/mol. The number of halogens is 5. The first kappa shape index (κ1) is 17.4. The van der Waals surface area contributed by atoms with Gasteiger partial charge in [-0.05, 0) is 22.6 Å². The molecule has 0 saturated heterocycles. The molecule has 0 aliphatic heterocycles. The van der Waals surface area contributed by atoms with E-state index in [9.17, 15) is 32.5 Å². The summed E-state index contributed by atoms with van der Waals surface area (Å²) in [7, 11) is 0. The van der Waals surface area contributed by atoms with Gasteiger partial charge in [-0.1, -0.05) is 0 Å². The first-order chi connectivity index (χ1) is 9.51. The number of carbonyl (C=O) groups is 1. The van der Waals surface area contributed by atoms with Crippen LogP contribution in [0.5, 0.6) is 0 Å². The van der Waals surface area contributed by atoms with Gasteiger partial charge in [-0.2, -0.15) is 13.2 Å². The van der Waals surface area contributed by atoms with Gasteiger partial charge in [0.25, 0.3) is 5.69 Å². The van der Waals surface area contributed by atoms with Crippen molar-refractivity contribution in [3.63, 3.8) is 0 Å². The molecule has 1 N–H and O–H groups in total. The van der Waals surface area contributed by atoms with Crippen LogP contribution in [0.1, 0.15) is 0 Å². The SMILES string of the molecule is O=C(O)CN(CC(F)(F)F)c1cc(F)c(I)cc1[N+](=O)[O-]. The standard InChI is InChI=1S/C10H7F4IN2O4/c11-5-1-7(8(17(20)21)2-6(5)15)16(3-9(18)19)4-10(12,13)14/h1-2H,3-4H2,(H,18,19). The van der Waals surface area contributed by atoms with Crippen molar-refractivity contribution < 1.29 is 32.4 Å². The lowest BCUT2D eigenvalue weighted by atomic mass is 10.2. The average Bonchev–Trinajstić information content (AvgIpc) is 2.28. The van der Waals surface area contributed by atoms with E-state index in [1.54, 1.807) is 0 Å². The van der Waals surface area contributed by atoms with Crippen LogP contribution in [0.3, 0.4) is 0 Å². The molecular weight excluding hydrogens is 415 g/mol. The number of aliphatic carboxylic acids is 1. The number of benzene rings is 1. The van der Waals surface area contributed by atoms with Gasteiger partial charge in [-0.3, -0.25) is 14.9 Å². The fraction of sp³-hybridized carbons (Fsp3) is 0.300. The lowest BCUT2D eigenvalue weighted by molar-refractivity contribution is -0.384. The summed E-state index contributed by atoms with van der Waals surface area (Å²) in [5, 5.41) is 19.5. The first-order valence-corrected chi connectivity index (χ1v) is 6.26. The third-order valence-corrected chi connectivity index (χ3v) is 3.08. The predicted octanol–water partition coefficient (Wildman–Crippen LogP) is 2.79. The first-order valence-electron chi connectivity index (χ1n) is 5.18. The van der Waals surface area contributed by atoms with Crippen LogP contribution >= 0.6 is 22.6 Å². The van der Waals surface area contributed by atoms with E-state index in [2.05, 4.69) is 0 Å². The van der Waals surface area contributed by atoms with Crippen LogP contribution < -0.4 is 4.90 Å². The Morgan fingerprint density at radius 2 is 2.00 bits per heavy atom. The van der Waals surface area contributed by atoms with Crippen molar-refractivity contribution >= 4 is 39.9 Å². The molecule has 11 heteroatoms. The van der Waals surface area contributed by atoms with Gasteiger partial charge in [0, 0.05) is 12.1 Å². The molecule has 21 heavy (non-hydrogen) atoms. The summed E-state index contributed by atoms with van der Waals surface area (Å²) < 4.78 is 50.7. The minimum Gasteiger partial charge on any atom is -0.480 e. The molecule has 116 valence electrons. The lowest BCUT2D eigenvalue weighted by Crippen LogP contribution is -2.38. The van der Waals surface area contributed by atoms with Crippen LogP contribution in [0, 0.1) is 19.5 Å². The molecule has 0 fully saturated rings. The highest BCUT2D eigenvalue weighted by Crippen LogP contribution is 2.33. The monoisotopic (exact) mass is 422 g/mol. The maximum absolute atomic E-state index is 13.5. The number of carboxylic acids is 1. The van der Waals surface area contributed by atoms with E-state index in [1.165, 1.54) is 22.6 Å². The molecule has 0 bridgehead atoms. The lowest BCUT2D eigenvalue weighted by Gasteiger charge is -2.24. The Kier molecular flexibility index (Phi) is 5.31. The Balaban J connectivity index is 3.38. The molecule has 0 saturated carbocycles.